The van der Waals surface area contributed by atoms with Crippen molar-refractivity contribution in [1.29, 1.82) is 0 Å². The Morgan fingerprint density at radius 2 is 1.63 bits per heavy atom. The lowest BCUT2D eigenvalue weighted by molar-refractivity contribution is 0.120. The van der Waals surface area contributed by atoms with Gasteiger partial charge in [-0.05, 0) is 104 Å². The van der Waals surface area contributed by atoms with E-state index in [1.165, 1.54) is 32.7 Å². The molecule has 11 nitrogen and oxygen atoms in total. The van der Waals surface area contributed by atoms with Crippen molar-refractivity contribution in [3.63, 3.8) is 0 Å². The van der Waals surface area contributed by atoms with E-state index in [-0.39, 0.29) is 12.0 Å². The van der Waals surface area contributed by atoms with Crippen LogP contribution in [0.5, 0.6) is 11.5 Å². The number of nitrogens with zero attached hydrogens (tertiary/aromatic N) is 7. The van der Waals surface area contributed by atoms with E-state index < -0.39 is 0 Å². The Bertz CT molecular complexity index is 2680. The molecule has 63 heavy (non-hydrogen) atoms. The molecule has 0 amide bonds. The zero-order chi connectivity index (χ0) is 42.9. The van der Waals surface area contributed by atoms with Crippen molar-refractivity contribution in [2.45, 2.75) is 57.9 Å². The lowest BCUT2D eigenvalue weighted by atomic mass is 9.69. The molecule has 4 aromatic carbocycles. The normalized spacial score (nSPS) is 18.8. The molecule has 322 valence electrons. The fourth-order valence-electron chi connectivity index (χ4n) is 9.73. The zero-order valence-electron chi connectivity index (χ0n) is 36.2. The minimum atomic E-state index is -0.291. The molecule has 1 aliphatic carbocycles. The molecule has 12 heteroatoms. The summed E-state index contributed by atoms with van der Waals surface area (Å²) in [5.41, 5.74) is 10.7. The highest BCUT2D eigenvalue weighted by atomic mass is 32.1. The number of benzene rings is 4. The van der Waals surface area contributed by atoms with Crippen molar-refractivity contribution in [2.75, 3.05) is 57.7 Å². The summed E-state index contributed by atoms with van der Waals surface area (Å²) >= 11 is 1.76. The van der Waals surface area contributed by atoms with Crippen molar-refractivity contribution in [2.24, 2.45) is 4.99 Å². The largest absolute Gasteiger partial charge is 0.508 e. The van der Waals surface area contributed by atoms with E-state index >= 15 is 0 Å². The van der Waals surface area contributed by atoms with Crippen molar-refractivity contribution in [3.05, 3.63) is 171 Å². The number of phenols is 1. The minimum Gasteiger partial charge on any atom is -0.508 e. The Kier molecular flexibility index (Phi) is 11.7. The number of rotatable bonds is 13. The molecule has 0 radical (unpaired) electrons. The third kappa shape index (κ3) is 8.55. The zero-order valence-corrected chi connectivity index (χ0v) is 37.0. The summed E-state index contributed by atoms with van der Waals surface area (Å²) in [5.74, 6) is 4.15. The Morgan fingerprint density at radius 1 is 0.857 bits per heavy atom. The summed E-state index contributed by atoms with van der Waals surface area (Å²) in [6.45, 7) is 13.9. The standard InChI is InChI=1S/C51H54N8O3S/c1-33-34(2)63-51-47(33)49(54-45(32-46-53-22-29-62-46)50-56-55-35(3)59(50)51)38-9-14-40(15-10-38)52-21-23-57-24-26-58(27-25-57)28-30-61-42-17-11-37(12-18-42)48-43(36-7-5-4-6-8-36)19-13-39-31-41(60)16-20-44(39)48/h4-12,14-18,20,22,29,31,43,45,48,52,60H,13,19,21,23-28,30,32H2,1-3H3/t43-,45?,48+/m1/s1. The van der Waals surface area contributed by atoms with Crippen LogP contribution in [0.1, 0.15) is 85.7 Å². The van der Waals surface area contributed by atoms with Gasteiger partial charge in [-0.2, -0.15) is 0 Å². The van der Waals surface area contributed by atoms with Gasteiger partial charge in [-0.15, -0.1) is 21.5 Å². The number of hydrogen-bond acceptors (Lipinski definition) is 11. The molecule has 1 fully saturated rings. The summed E-state index contributed by atoms with van der Waals surface area (Å²) in [4.78, 5) is 16.1. The molecule has 3 aromatic heterocycles. The van der Waals surface area contributed by atoms with Crippen LogP contribution in [-0.2, 0) is 12.8 Å². The number of aromatic hydroxyl groups is 1. The van der Waals surface area contributed by atoms with Crippen molar-refractivity contribution in [1.82, 2.24) is 29.5 Å². The number of phenolic OH excluding ortho intramolecular Hbond substituents is 1. The van der Waals surface area contributed by atoms with Crippen LogP contribution in [0.25, 0.3) is 5.00 Å². The second-order valence-corrected chi connectivity index (χ2v) is 18.3. The molecule has 5 heterocycles. The monoisotopic (exact) mass is 858 g/mol. The van der Waals surface area contributed by atoms with Gasteiger partial charge in [0.05, 0.1) is 18.3 Å². The highest BCUT2D eigenvalue weighted by Crippen LogP contribution is 2.47. The van der Waals surface area contributed by atoms with E-state index in [0.717, 1.165) is 104 Å². The van der Waals surface area contributed by atoms with Gasteiger partial charge in [0.25, 0.3) is 0 Å². The van der Waals surface area contributed by atoms with Crippen LogP contribution in [0.3, 0.4) is 0 Å². The van der Waals surface area contributed by atoms with Crippen LogP contribution in [-0.4, -0.2) is 92.8 Å². The van der Waals surface area contributed by atoms with Crippen molar-refractivity contribution < 1.29 is 14.3 Å². The van der Waals surface area contributed by atoms with E-state index in [9.17, 15) is 5.11 Å². The SMILES string of the molecule is Cc1sc2c(c1C)C(c1ccc(NCCN3CCN(CCOc4ccc([C@@H]5c6ccc(O)cc6CC[C@@H]5c5ccccc5)cc4)CC3)cc1)=NC(Cc1ncco1)c1nnc(C)n1-2. The van der Waals surface area contributed by atoms with Crippen LogP contribution in [0, 0.1) is 20.8 Å². The molecule has 0 bridgehead atoms. The lowest BCUT2D eigenvalue weighted by Crippen LogP contribution is -2.48. The van der Waals surface area contributed by atoms with E-state index in [1.807, 2.05) is 19.1 Å². The fourth-order valence-corrected chi connectivity index (χ4v) is 10.9. The van der Waals surface area contributed by atoms with Crippen LogP contribution in [0.2, 0.25) is 0 Å². The topological polar surface area (TPSA) is 117 Å². The predicted molar refractivity (Wildman–Crippen MR) is 249 cm³/mol. The summed E-state index contributed by atoms with van der Waals surface area (Å²) in [6.07, 6.45) is 5.80. The van der Waals surface area contributed by atoms with Gasteiger partial charge < -0.3 is 19.6 Å². The minimum absolute atomic E-state index is 0.231. The molecule has 7 aromatic rings. The molecule has 1 saturated heterocycles. The quantitative estimate of drug-likeness (QED) is 0.117. The molecular weight excluding hydrogens is 805 g/mol. The Morgan fingerprint density at radius 3 is 2.40 bits per heavy atom. The number of anilines is 1. The molecule has 2 aliphatic heterocycles. The maximum absolute atomic E-state index is 10.2. The van der Waals surface area contributed by atoms with Gasteiger partial charge in [-0.25, -0.2) is 4.98 Å². The van der Waals surface area contributed by atoms with Crippen LogP contribution in [0.4, 0.5) is 5.69 Å². The first-order valence-corrected chi connectivity index (χ1v) is 23.0. The van der Waals surface area contributed by atoms with Gasteiger partial charge in [0.1, 0.15) is 41.2 Å². The molecule has 1 unspecified atom stereocenters. The summed E-state index contributed by atoms with van der Waals surface area (Å²) in [6, 6.07) is 33.9. The number of piperazine rings is 1. The first kappa shape index (κ1) is 41.0. The number of ether oxygens (including phenoxy) is 1. The molecule has 0 saturated carbocycles. The van der Waals surface area contributed by atoms with Crippen molar-refractivity contribution in [3.8, 4) is 16.5 Å². The van der Waals surface area contributed by atoms with Crippen LogP contribution < -0.4 is 10.1 Å². The number of oxazole rings is 1. The first-order chi connectivity index (χ1) is 30.9. The third-order valence-electron chi connectivity index (χ3n) is 13.2. The predicted octanol–water partition coefficient (Wildman–Crippen LogP) is 9.05. The maximum Gasteiger partial charge on any atom is 0.196 e. The van der Waals surface area contributed by atoms with Gasteiger partial charge in [0.2, 0.25) is 0 Å². The van der Waals surface area contributed by atoms with E-state index in [0.29, 0.717) is 30.6 Å². The molecule has 3 atom stereocenters. The molecule has 2 N–H and O–H groups in total. The van der Waals surface area contributed by atoms with Crippen LogP contribution >= 0.6 is 11.3 Å². The molecule has 3 aliphatic rings. The third-order valence-corrected chi connectivity index (χ3v) is 14.4. The number of aliphatic imine (C=N–C) groups is 1. The second-order valence-electron chi connectivity index (χ2n) is 17.0. The first-order valence-electron chi connectivity index (χ1n) is 22.2. The summed E-state index contributed by atoms with van der Waals surface area (Å²) < 4.78 is 14.1. The van der Waals surface area contributed by atoms with Gasteiger partial charge in [0, 0.05) is 73.4 Å². The Balaban J connectivity index is 0.711. The van der Waals surface area contributed by atoms with Crippen LogP contribution in [0.15, 0.2) is 119 Å². The number of thiophene rings is 1. The highest BCUT2D eigenvalue weighted by Gasteiger charge is 2.34. The summed E-state index contributed by atoms with van der Waals surface area (Å²) in [5, 5.41) is 24.1. The van der Waals surface area contributed by atoms with E-state index in [1.54, 1.807) is 23.8 Å². The van der Waals surface area contributed by atoms with Crippen molar-refractivity contribution >= 4 is 22.7 Å². The number of hydrogen-bond donors (Lipinski definition) is 2. The van der Waals surface area contributed by atoms with E-state index in [2.05, 4.69) is 134 Å². The Labute approximate surface area is 373 Å². The molecular formula is C51H54N8O3S. The number of aryl methyl sites for hydroxylation is 3. The average Bonchev–Trinajstić information content (AvgIpc) is 4.02. The number of fused-ring (bicyclic) bond motifs is 4. The maximum atomic E-state index is 10.2. The molecule has 10 rings (SSSR count). The fraction of sp³-hybridized carbons (Fsp3) is 0.333. The average molecular weight is 859 g/mol. The lowest BCUT2D eigenvalue weighted by Gasteiger charge is -2.35. The number of aromatic nitrogens is 4. The highest BCUT2D eigenvalue weighted by molar-refractivity contribution is 7.15. The second kappa shape index (κ2) is 18.0. The van der Waals surface area contributed by atoms with Gasteiger partial charge in [-0.3, -0.25) is 19.4 Å². The smallest absolute Gasteiger partial charge is 0.196 e. The summed E-state index contributed by atoms with van der Waals surface area (Å²) in [7, 11) is 0. The Hall–Kier alpha value is -6.08. The van der Waals surface area contributed by atoms with E-state index in [4.69, 9.17) is 14.1 Å². The number of nitrogens with one attached hydrogen (secondary N) is 1. The van der Waals surface area contributed by atoms with Gasteiger partial charge in [-0.1, -0.05) is 60.7 Å². The van der Waals surface area contributed by atoms with Gasteiger partial charge >= 0.3 is 0 Å². The molecule has 0 spiro atoms. The van der Waals surface area contributed by atoms with Gasteiger partial charge in [0.15, 0.2) is 11.7 Å².